The van der Waals surface area contributed by atoms with E-state index in [1.807, 2.05) is 6.07 Å². The zero-order valence-corrected chi connectivity index (χ0v) is 10.8. The Balaban J connectivity index is 2.35. The van der Waals surface area contributed by atoms with E-state index in [0.29, 0.717) is 29.1 Å². The summed E-state index contributed by atoms with van der Waals surface area (Å²) in [6.07, 6.45) is 0. The first kappa shape index (κ1) is 13.2. The third kappa shape index (κ3) is 2.94. The number of rotatable bonds is 4. The molecule has 1 heterocycles. The maximum Gasteiger partial charge on any atom is 0.201 e. The summed E-state index contributed by atoms with van der Waals surface area (Å²) < 4.78 is 0. The molecule has 0 saturated carbocycles. The molecule has 0 aliphatic carbocycles. The molecular weight excluding hydrogens is 246 g/mol. The van der Waals surface area contributed by atoms with Crippen LogP contribution in [0.2, 0.25) is 0 Å². The van der Waals surface area contributed by atoms with Crippen molar-refractivity contribution < 1.29 is 10.3 Å². The van der Waals surface area contributed by atoms with Crippen LogP contribution in [0.4, 0.5) is 5.95 Å². The zero-order chi connectivity index (χ0) is 14.0. The highest BCUT2D eigenvalue weighted by atomic mass is 16.4. The lowest BCUT2D eigenvalue weighted by molar-refractivity contribution is 0.0943. The fraction of sp³-hybridized carbons (Fsp3) is 0.333. The third-order valence-corrected chi connectivity index (χ3v) is 2.59. The van der Waals surface area contributed by atoms with Gasteiger partial charge in [-0.2, -0.15) is 0 Å². The lowest BCUT2D eigenvalue weighted by Crippen LogP contribution is -2.29. The maximum absolute atomic E-state index is 9.66. The van der Waals surface area contributed by atoms with Gasteiger partial charge in [0.15, 0.2) is 5.84 Å². The number of imidazole rings is 1. The molecule has 0 aliphatic heterocycles. The molecule has 0 aliphatic rings. The number of oxime groups is 1. The number of para-hydroxylation sites is 1. The second-order valence-electron chi connectivity index (χ2n) is 4.94. The molecule has 0 amide bonds. The predicted molar refractivity (Wildman–Crippen MR) is 73.4 cm³/mol. The zero-order valence-electron chi connectivity index (χ0n) is 10.8. The van der Waals surface area contributed by atoms with Gasteiger partial charge in [0.05, 0.1) is 16.6 Å². The minimum atomic E-state index is -0.840. The van der Waals surface area contributed by atoms with Crippen molar-refractivity contribution in [3.05, 3.63) is 23.8 Å². The Hall–Kier alpha value is -2.28. The van der Waals surface area contributed by atoms with Gasteiger partial charge in [0.2, 0.25) is 5.95 Å². The van der Waals surface area contributed by atoms with Crippen LogP contribution in [0.3, 0.4) is 0 Å². The van der Waals surface area contributed by atoms with Crippen molar-refractivity contribution in [3.63, 3.8) is 0 Å². The van der Waals surface area contributed by atoms with E-state index in [0.717, 1.165) is 0 Å². The van der Waals surface area contributed by atoms with Crippen molar-refractivity contribution in [2.75, 3.05) is 11.9 Å². The Morgan fingerprint density at radius 1 is 1.53 bits per heavy atom. The van der Waals surface area contributed by atoms with E-state index in [9.17, 15) is 5.11 Å². The van der Waals surface area contributed by atoms with Crippen LogP contribution in [0.25, 0.3) is 11.0 Å². The standard InChI is InChI=1S/C12H17N5O2/c1-12(2,18)6-14-11-15-8-5-3-4-7(9(8)16-11)10(13)17-19/h3-5,18-19H,6H2,1-2H3,(H2,13,17)(H2,14,15,16). The van der Waals surface area contributed by atoms with Crippen molar-refractivity contribution in [3.8, 4) is 0 Å². The molecular formula is C12H17N5O2. The number of hydrogen-bond acceptors (Lipinski definition) is 5. The fourth-order valence-corrected chi connectivity index (χ4v) is 1.68. The van der Waals surface area contributed by atoms with Gasteiger partial charge in [-0.3, -0.25) is 0 Å². The van der Waals surface area contributed by atoms with E-state index in [2.05, 4.69) is 20.4 Å². The summed E-state index contributed by atoms with van der Waals surface area (Å²) in [6, 6.07) is 5.32. The second kappa shape index (κ2) is 4.77. The van der Waals surface area contributed by atoms with Gasteiger partial charge >= 0.3 is 0 Å². The molecule has 1 aromatic carbocycles. The molecule has 7 heteroatoms. The Morgan fingerprint density at radius 2 is 2.26 bits per heavy atom. The maximum atomic E-state index is 9.66. The van der Waals surface area contributed by atoms with Crippen LogP contribution in [0.1, 0.15) is 19.4 Å². The lowest BCUT2D eigenvalue weighted by atomic mass is 10.1. The monoisotopic (exact) mass is 263 g/mol. The van der Waals surface area contributed by atoms with E-state index < -0.39 is 5.60 Å². The van der Waals surface area contributed by atoms with E-state index >= 15 is 0 Å². The van der Waals surface area contributed by atoms with Crippen molar-refractivity contribution in [1.82, 2.24) is 9.97 Å². The van der Waals surface area contributed by atoms with Crippen LogP contribution in [-0.2, 0) is 0 Å². The summed E-state index contributed by atoms with van der Waals surface area (Å²) in [5.74, 6) is 0.540. The largest absolute Gasteiger partial charge is 0.409 e. The Morgan fingerprint density at radius 3 is 2.89 bits per heavy atom. The minimum absolute atomic E-state index is 0.0169. The number of anilines is 1. The molecule has 2 rings (SSSR count). The minimum Gasteiger partial charge on any atom is -0.409 e. The molecule has 1 aromatic heterocycles. The average molecular weight is 263 g/mol. The molecule has 0 unspecified atom stereocenters. The highest BCUT2D eigenvalue weighted by molar-refractivity contribution is 6.07. The van der Waals surface area contributed by atoms with Crippen molar-refractivity contribution in [2.45, 2.75) is 19.4 Å². The summed E-state index contributed by atoms with van der Waals surface area (Å²) in [6.45, 7) is 3.75. The number of nitrogens with zero attached hydrogens (tertiary/aromatic N) is 2. The smallest absolute Gasteiger partial charge is 0.201 e. The van der Waals surface area contributed by atoms with Crippen molar-refractivity contribution in [1.29, 1.82) is 0 Å². The van der Waals surface area contributed by atoms with Crippen LogP contribution < -0.4 is 11.1 Å². The predicted octanol–water partition coefficient (Wildman–Crippen LogP) is 0.840. The van der Waals surface area contributed by atoms with Crippen LogP contribution in [0, 0.1) is 0 Å². The number of H-pyrrole nitrogens is 1. The number of hydrogen-bond donors (Lipinski definition) is 5. The average Bonchev–Trinajstić information content (AvgIpc) is 2.77. The Labute approximate surface area is 110 Å². The topological polar surface area (TPSA) is 120 Å². The number of aliphatic hydroxyl groups is 1. The molecule has 0 fully saturated rings. The summed E-state index contributed by atoms with van der Waals surface area (Å²) in [4.78, 5) is 7.37. The molecule has 0 saturated heterocycles. The summed E-state index contributed by atoms with van der Waals surface area (Å²) in [5.41, 5.74) is 6.71. The number of aromatic nitrogens is 2. The van der Waals surface area contributed by atoms with Crippen LogP contribution >= 0.6 is 0 Å². The van der Waals surface area contributed by atoms with Gasteiger partial charge in [-0.15, -0.1) is 0 Å². The van der Waals surface area contributed by atoms with E-state index in [1.54, 1.807) is 26.0 Å². The molecule has 6 N–H and O–H groups in total. The first-order valence-electron chi connectivity index (χ1n) is 5.83. The SMILES string of the molecule is CC(C)(O)CNc1nc2cccc(C(N)=NO)c2[nH]1. The van der Waals surface area contributed by atoms with Gasteiger partial charge in [0, 0.05) is 12.1 Å². The normalized spacial score (nSPS) is 12.9. The first-order chi connectivity index (χ1) is 8.90. The molecule has 0 radical (unpaired) electrons. The van der Waals surface area contributed by atoms with Gasteiger partial charge < -0.3 is 26.3 Å². The first-order valence-corrected chi connectivity index (χ1v) is 5.83. The number of fused-ring (bicyclic) bond motifs is 1. The Bertz CT molecular complexity index is 612. The summed E-state index contributed by atoms with van der Waals surface area (Å²) in [5, 5.41) is 24.4. The van der Waals surface area contributed by atoms with Gasteiger partial charge in [-0.05, 0) is 26.0 Å². The van der Waals surface area contributed by atoms with Crippen LogP contribution in [0.5, 0.6) is 0 Å². The third-order valence-electron chi connectivity index (χ3n) is 2.59. The van der Waals surface area contributed by atoms with E-state index in [-0.39, 0.29) is 5.84 Å². The van der Waals surface area contributed by atoms with Crippen LogP contribution in [-0.4, -0.2) is 38.3 Å². The number of nitrogens with two attached hydrogens (primary N) is 1. The quantitative estimate of drug-likeness (QED) is 0.242. The fourth-order valence-electron chi connectivity index (χ4n) is 1.68. The van der Waals surface area contributed by atoms with Crippen molar-refractivity contribution in [2.24, 2.45) is 10.9 Å². The van der Waals surface area contributed by atoms with Crippen molar-refractivity contribution >= 4 is 22.8 Å². The molecule has 0 atom stereocenters. The molecule has 19 heavy (non-hydrogen) atoms. The highest BCUT2D eigenvalue weighted by Crippen LogP contribution is 2.19. The van der Waals surface area contributed by atoms with Gasteiger partial charge in [0.25, 0.3) is 0 Å². The summed E-state index contributed by atoms with van der Waals surface area (Å²) >= 11 is 0. The van der Waals surface area contributed by atoms with Gasteiger partial charge in [-0.1, -0.05) is 11.2 Å². The molecule has 0 bridgehead atoms. The number of amidine groups is 1. The molecule has 0 spiro atoms. The number of aromatic amines is 1. The summed E-state index contributed by atoms with van der Waals surface area (Å²) in [7, 11) is 0. The van der Waals surface area contributed by atoms with Gasteiger partial charge in [-0.25, -0.2) is 4.98 Å². The second-order valence-corrected chi connectivity index (χ2v) is 4.94. The molecule has 2 aromatic rings. The lowest BCUT2D eigenvalue weighted by Gasteiger charge is -2.16. The Kier molecular flexibility index (Phi) is 3.30. The van der Waals surface area contributed by atoms with E-state index in [1.165, 1.54) is 0 Å². The number of benzene rings is 1. The van der Waals surface area contributed by atoms with Crippen LogP contribution in [0.15, 0.2) is 23.4 Å². The highest BCUT2D eigenvalue weighted by Gasteiger charge is 2.14. The molecule has 102 valence electrons. The van der Waals surface area contributed by atoms with Gasteiger partial charge in [0.1, 0.15) is 0 Å². The van der Waals surface area contributed by atoms with E-state index in [4.69, 9.17) is 10.9 Å². The number of nitrogens with one attached hydrogen (secondary N) is 2. The molecule has 7 nitrogen and oxygen atoms in total.